The summed E-state index contributed by atoms with van der Waals surface area (Å²) in [6.45, 7) is 4.02. The zero-order valence-electron chi connectivity index (χ0n) is 21.5. The fourth-order valence-electron chi connectivity index (χ4n) is 3.99. The van der Waals surface area contributed by atoms with Crippen molar-refractivity contribution in [3.05, 3.63) is 95.9 Å². The van der Waals surface area contributed by atoms with Gasteiger partial charge < -0.3 is 15.1 Å². The van der Waals surface area contributed by atoms with Crippen molar-refractivity contribution in [2.24, 2.45) is 5.92 Å². The first-order valence-electron chi connectivity index (χ1n) is 12.7. The van der Waals surface area contributed by atoms with E-state index in [1.165, 1.54) is 11.8 Å². The predicted molar refractivity (Wildman–Crippen MR) is 148 cm³/mol. The average Bonchev–Trinajstić information content (AvgIpc) is 3.41. The van der Waals surface area contributed by atoms with Crippen molar-refractivity contribution < 1.29 is 18.8 Å². The van der Waals surface area contributed by atoms with Gasteiger partial charge in [-0.05, 0) is 48.4 Å². The molecular weight excluding hydrogens is 484 g/mol. The molecule has 2 aromatic carbocycles. The fraction of sp³-hybridized carbons (Fsp3) is 0.367. The minimum absolute atomic E-state index is 0.0625. The molecule has 0 saturated carbocycles. The van der Waals surface area contributed by atoms with Gasteiger partial charge in [0.05, 0.1) is 23.8 Å². The van der Waals surface area contributed by atoms with E-state index in [9.17, 15) is 14.4 Å². The van der Waals surface area contributed by atoms with Crippen molar-refractivity contribution in [1.29, 1.82) is 0 Å². The van der Waals surface area contributed by atoms with Gasteiger partial charge in [0.25, 0.3) is 0 Å². The number of thioether (sulfide) groups is 1. The quantitative estimate of drug-likeness (QED) is 0.295. The smallest absolute Gasteiger partial charge is 0.243 e. The Hall–Kier alpha value is -3.32. The SMILES string of the molecule is CC(C)CC(NC(=O)CCc1ccccc1)C(=O)N[C@@H](Cc1ccccc1)C(=O)CSCc1ccco1. The molecule has 6 nitrogen and oxygen atoms in total. The highest BCUT2D eigenvalue weighted by atomic mass is 32.2. The molecule has 1 heterocycles. The molecule has 3 aromatic rings. The number of ketones is 1. The first-order valence-corrected chi connectivity index (χ1v) is 13.9. The number of benzene rings is 2. The summed E-state index contributed by atoms with van der Waals surface area (Å²) >= 11 is 1.45. The Kier molecular flexibility index (Phi) is 11.5. The second-order valence-electron chi connectivity index (χ2n) is 9.52. The number of carbonyl (C=O) groups excluding carboxylic acids is 3. The molecule has 1 aromatic heterocycles. The maximum Gasteiger partial charge on any atom is 0.243 e. The number of amides is 2. The molecule has 0 aliphatic carbocycles. The zero-order valence-corrected chi connectivity index (χ0v) is 22.3. The molecule has 0 bridgehead atoms. The Bertz CT molecular complexity index is 1100. The molecule has 0 spiro atoms. The van der Waals surface area contributed by atoms with Crippen LogP contribution in [-0.4, -0.2) is 35.4 Å². The van der Waals surface area contributed by atoms with Crippen LogP contribution in [0.5, 0.6) is 0 Å². The minimum Gasteiger partial charge on any atom is -0.468 e. The van der Waals surface area contributed by atoms with Crippen LogP contribution >= 0.6 is 11.8 Å². The summed E-state index contributed by atoms with van der Waals surface area (Å²) in [6, 6.07) is 21.7. The fourth-order valence-corrected chi connectivity index (χ4v) is 4.86. The molecule has 0 saturated heterocycles. The van der Waals surface area contributed by atoms with Gasteiger partial charge >= 0.3 is 0 Å². The molecule has 7 heteroatoms. The van der Waals surface area contributed by atoms with Crippen LogP contribution in [0, 0.1) is 5.92 Å². The summed E-state index contributed by atoms with van der Waals surface area (Å²) in [5.41, 5.74) is 2.03. The van der Waals surface area contributed by atoms with E-state index in [4.69, 9.17) is 4.42 Å². The molecule has 0 fully saturated rings. The van der Waals surface area contributed by atoms with E-state index in [-0.39, 0.29) is 29.3 Å². The van der Waals surface area contributed by atoms with Crippen molar-refractivity contribution >= 4 is 29.4 Å². The molecule has 37 heavy (non-hydrogen) atoms. The van der Waals surface area contributed by atoms with Crippen LogP contribution in [0.25, 0.3) is 0 Å². The lowest BCUT2D eigenvalue weighted by molar-refractivity contribution is -0.131. The van der Waals surface area contributed by atoms with Crippen LogP contribution in [0.15, 0.2) is 83.5 Å². The van der Waals surface area contributed by atoms with Gasteiger partial charge in [-0.25, -0.2) is 0 Å². The first kappa shape index (κ1) is 28.3. The Balaban J connectivity index is 1.63. The number of carbonyl (C=O) groups is 3. The third-order valence-electron chi connectivity index (χ3n) is 5.90. The van der Waals surface area contributed by atoms with E-state index in [0.717, 1.165) is 16.9 Å². The van der Waals surface area contributed by atoms with Crippen LogP contribution in [0.2, 0.25) is 0 Å². The summed E-state index contributed by atoms with van der Waals surface area (Å²) in [4.78, 5) is 39.2. The normalized spacial score (nSPS) is 12.6. The zero-order chi connectivity index (χ0) is 26.5. The lowest BCUT2D eigenvalue weighted by Crippen LogP contribution is -2.53. The van der Waals surface area contributed by atoms with Gasteiger partial charge in [-0.15, -0.1) is 11.8 Å². The molecular formula is C30H36N2O4S. The Morgan fingerprint density at radius 2 is 1.51 bits per heavy atom. The number of nitrogens with one attached hydrogen (secondary N) is 2. The van der Waals surface area contributed by atoms with Crippen molar-refractivity contribution in [2.45, 2.75) is 57.4 Å². The van der Waals surface area contributed by atoms with Crippen LogP contribution in [0.1, 0.15) is 43.6 Å². The molecule has 0 radical (unpaired) electrons. The first-order chi connectivity index (χ1) is 17.9. The molecule has 0 aliphatic heterocycles. The number of rotatable bonds is 15. The molecule has 0 aliphatic rings. The van der Waals surface area contributed by atoms with E-state index in [1.807, 2.05) is 86.6 Å². The maximum atomic E-state index is 13.4. The van der Waals surface area contributed by atoms with Gasteiger partial charge in [-0.3, -0.25) is 14.4 Å². The number of hydrogen-bond donors (Lipinski definition) is 2. The van der Waals surface area contributed by atoms with Gasteiger partial charge in [-0.2, -0.15) is 0 Å². The number of Topliss-reactive ketones (excluding diaryl/α,β-unsaturated/α-hetero) is 1. The van der Waals surface area contributed by atoms with Gasteiger partial charge in [0.15, 0.2) is 5.78 Å². The number of aryl methyl sites for hydroxylation is 1. The van der Waals surface area contributed by atoms with E-state index < -0.39 is 12.1 Å². The molecule has 1 unspecified atom stereocenters. The number of hydrogen-bond acceptors (Lipinski definition) is 5. The molecule has 196 valence electrons. The molecule has 2 amide bonds. The summed E-state index contributed by atoms with van der Waals surface area (Å²) in [6.07, 6.45) is 3.39. The van der Waals surface area contributed by atoms with Gasteiger partial charge in [-0.1, -0.05) is 74.5 Å². The van der Waals surface area contributed by atoms with Crippen LogP contribution in [-0.2, 0) is 33.0 Å². The lowest BCUT2D eigenvalue weighted by Gasteiger charge is -2.24. The summed E-state index contributed by atoms with van der Waals surface area (Å²) in [5.74, 6) is 1.26. The van der Waals surface area contributed by atoms with E-state index in [0.29, 0.717) is 31.4 Å². The van der Waals surface area contributed by atoms with Crippen LogP contribution < -0.4 is 10.6 Å². The van der Waals surface area contributed by atoms with Gasteiger partial charge in [0.2, 0.25) is 11.8 Å². The van der Waals surface area contributed by atoms with Crippen molar-refractivity contribution in [2.75, 3.05) is 5.75 Å². The highest BCUT2D eigenvalue weighted by Crippen LogP contribution is 2.15. The predicted octanol–water partition coefficient (Wildman–Crippen LogP) is 4.97. The van der Waals surface area contributed by atoms with E-state index in [1.54, 1.807) is 6.26 Å². The summed E-state index contributed by atoms with van der Waals surface area (Å²) < 4.78 is 5.35. The topological polar surface area (TPSA) is 88.4 Å². The van der Waals surface area contributed by atoms with E-state index >= 15 is 0 Å². The Morgan fingerprint density at radius 3 is 2.14 bits per heavy atom. The standard InChI is InChI=1S/C30H36N2O4S/c1-22(2)18-27(31-29(34)16-15-23-10-5-3-6-11-23)30(35)32-26(19-24-12-7-4-8-13-24)28(33)21-37-20-25-14-9-17-36-25/h3-14,17,22,26-27H,15-16,18-21H2,1-2H3,(H,31,34)(H,32,35)/t26-,27?/m0/s1. The third kappa shape index (κ3) is 10.3. The largest absolute Gasteiger partial charge is 0.468 e. The van der Waals surface area contributed by atoms with Crippen molar-refractivity contribution in [3.63, 3.8) is 0 Å². The maximum absolute atomic E-state index is 13.4. The molecule has 2 atom stereocenters. The van der Waals surface area contributed by atoms with Crippen molar-refractivity contribution in [1.82, 2.24) is 10.6 Å². The second kappa shape index (κ2) is 15.1. The molecule has 2 N–H and O–H groups in total. The Morgan fingerprint density at radius 1 is 0.838 bits per heavy atom. The lowest BCUT2D eigenvalue weighted by atomic mass is 9.99. The Labute approximate surface area is 223 Å². The van der Waals surface area contributed by atoms with Gasteiger partial charge in [0.1, 0.15) is 11.8 Å². The highest BCUT2D eigenvalue weighted by molar-refractivity contribution is 7.99. The number of furan rings is 1. The third-order valence-corrected chi connectivity index (χ3v) is 6.88. The van der Waals surface area contributed by atoms with Crippen LogP contribution in [0.4, 0.5) is 0 Å². The monoisotopic (exact) mass is 520 g/mol. The van der Waals surface area contributed by atoms with Gasteiger partial charge in [0, 0.05) is 6.42 Å². The summed E-state index contributed by atoms with van der Waals surface area (Å²) in [5, 5.41) is 5.86. The van der Waals surface area contributed by atoms with Crippen LogP contribution in [0.3, 0.4) is 0 Å². The highest BCUT2D eigenvalue weighted by Gasteiger charge is 2.27. The van der Waals surface area contributed by atoms with E-state index in [2.05, 4.69) is 10.6 Å². The second-order valence-corrected chi connectivity index (χ2v) is 10.5. The van der Waals surface area contributed by atoms with Crippen molar-refractivity contribution in [3.8, 4) is 0 Å². The average molecular weight is 521 g/mol. The molecule has 3 rings (SSSR count). The minimum atomic E-state index is -0.704. The summed E-state index contributed by atoms with van der Waals surface area (Å²) in [7, 11) is 0.